The van der Waals surface area contributed by atoms with Crippen LogP contribution in [0.3, 0.4) is 0 Å². The number of fused-ring (bicyclic) bond motifs is 1. The molecule has 0 amide bonds. The Morgan fingerprint density at radius 2 is 2.08 bits per heavy atom. The van der Waals surface area contributed by atoms with Crippen molar-refractivity contribution < 1.29 is 18.8 Å². The standard InChI is InChI=1S/C19H20N2O4/c1-11(2)17-15-8-13(9-20-18(15)25-21-17)19(22)24-10-14-7-12(3)5-6-16(14)23-4/h5-9,11H,10H2,1-4H3. The first kappa shape index (κ1) is 17.0. The first-order valence-electron chi connectivity index (χ1n) is 8.05. The smallest absolute Gasteiger partial charge is 0.340 e. The van der Waals surface area contributed by atoms with Gasteiger partial charge >= 0.3 is 5.97 Å². The summed E-state index contributed by atoms with van der Waals surface area (Å²) in [6, 6.07) is 7.45. The molecule has 3 aromatic rings. The number of carbonyl (C=O) groups excluding carboxylic acids is 1. The molecule has 130 valence electrons. The number of hydrogen-bond donors (Lipinski definition) is 0. The fourth-order valence-corrected chi connectivity index (χ4v) is 2.62. The molecule has 0 bridgehead atoms. The fraction of sp³-hybridized carbons (Fsp3) is 0.316. The Bertz CT molecular complexity index is 915. The molecule has 6 heteroatoms. The first-order chi connectivity index (χ1) is 12.0. The number of pyridine rings is 1. The third kappa shape index (κ3) is 3.47. The predicted molar refractivity (Wildman–Crippen MR) is 92.7 cm³/mol. The number of nitrogens with zero attached hydrogens (tertiary/aromatic N) is 2. The number of ether oxygens (including phenoxy) is 2. The van der Waals surface area contributed by atoms with E-state index in [2.05, 4.69) is 10.1 Å². The number of carbonyl (C=O) groups is 1. The van der Waals surface area contributed by atoms with Crippen molar-refractivity contribution in [3.63, 3.8) is 0 Å². The molecule has 0 unspecified atom stereocenters. The van der Waals surface area contributed by atoms with Crippen molar-refractivity contribution in [1.82, 2.24) is 10.1 Å². The monoisotopic (exact) mass is 340 g/mol. The van der Waals surface area contributed by atoms with Crippen molar-refractivity contribution in [3.8, 4) is 5.75 Å². The Morgan fingerprint density at radius 1 is 1.28 bits per heavy atom. The van der Waals surface area contributed by atoms with Crippen LogP contribution in [-0.4, -0.2) is 23.2 Å². The van der Waals surface area contributed by atoms with Crippen molar-refractivity contribution in [2.75, 3.05) is 7.11 Å². The number of aryl methyl sites for hydroxylation is 1. The van der Waals surface area contributed by atoms with Crippen molar-refractivity contribution in [1.29, 1.82) is 0 Å². The van der Waals surface area contributed by atoms with Crippen LogP contribution in [0, 0.1) is 6.92 Å². The molecule has 0 fully saturated rings. The molecule has 0 aliphatic rings. The summed E-state index contributed by atoms with van der Waals surface area (Å²) in [4.78, 5) is 16.5. The lowest BCUT2D eigenvalue weighted by atomic mass is 10.1. The zero-order chi connectivity index (χ0) is 18.0. The van der Waals surface area contributed by atoms with E-state index in [-0.39, 0.29) is 12.5 Å². The lowest BCUT2D eigenvalue weighted by Gasteiger charge is -2.10. The van der Waals surface area contributed by atoms with E-state index in [4.69, 9.17) is 14.0 Å². The number of benzene rings is 1. The molecule has 0 saturated heterocycles. The molecule has 2 aromatic heterocycles. The van der Waals surface area contributed by atoms with Gasteiger partial charge in [-0.2, -0.15) is 0 Å². The van der Waals surface area contributed by atoms with Crippen LogP contribution < -0.4 is 4.74 Å². The van der Waals surface area contributed by atoms with E-state index >= 15 is 0 Å². The quantitative estimate of drug-likeness (QED) is 0.653. The molecule has 6 nitrogen and oxygen atoms in total. The summed E-state index contributed by atoms with van der Waals surface area (Å²) < 4.78 is 15.9. The van der Waals surface area contributed by atoms with E-state index in [0.29, 0.717) is 17.0 Å². The van der Waals surface area contributed by atoms with Gasteiger partial charge in [0.15, 0.2) is 0 Å². The van der Waals surface area contributed by atoms with Crippen LogP contribution in [-0.2, 0) is 11.3 Å². The number of rotatable bonds is 5. The van der Waals surface area contributed by atoms with Gasteiger partial charge in [0.25, 0.3) is 5.71 Å². The Morgan fingerprint density at radius 3 is 2.80 bits per heavy atom. The van der Waals surface area contributed by atoms with E-state index < -0.39 is 5.97 Å². The van der Waals surface area contributed by atoms with Crippen LogP contribution in [0.1, 0.15) is 46.9 Å². The number of hydrogen-bond acceptors (Lipinski definition) is 6. The highest BCUT2D eigenvalue weighted by Crippen LogP contribution is 2.25. The molecule has 1 aromatic carbocycles. The second-order valence-corrected chi connectivity index (χ2v) is 6.19. The Hall–Kier alpha value is -2.89. The van der Waals surface area contributed by atoms with Gasteiger partial charge in [0.2, 0.25) is 0 Å². The van der Waals surface area contributed by atoms with Crippen molar-refractivity contribution >= 4 is 17.1 Å². The van der Waals surface area contributed by atoms with E-state index in [1.807, 2.05) is 39.0 Å². The van der Waals surface area contributed by atoms with E-state index in [1.165, 1.54) is 6.20 Å². The van der Waals surface area contributed by atoms with Crippen LogP contribution in [0.25, 0.3) is 11.1 Å². The molecule has 0 saturated carbocycles. The zero-order valence-corrected chi connectivity index (χ0v) is 14.7. The highest BCUT2D eigenvalue weighted by molar-refractivity contribution is 5.93. The Balaban J connectivity index is 1.81. The van der Waals surface area contributed by atoms with Crippen LogP contribution >= 0.6 is 0 Å². The summed E-state index contributed by atoms with van der Waals surface area (Å²) in [5.74, 6) is 0.410. The summed E-state index contributed by atoms with van der Waals surface area (Å²) in [6.45, 7) is 6.11. The van der Waals surface area contributed by atoms with Crippen LogP contribution in [0.4, 0.5) is 0 Å². The van der Waals surface area contributed by atoms with Crippen LogP contribution in [0.5, 0.6) is 5.75 Å². The van der Waals surface area contributed by atoms with Gasteiger partial charge in [-0.15, -0.1) is 0 Å². The highest BCUT2D eigenvalue weighted by Gasteiger charge is 2.17. The van der Waals surface area contributed by atoms with Crippen molar-refractivity contribution in [3.05, 3.63) is 52.8 Å². The molecule has 0 aliphatic carbocycles. The summed E-state index contributed by atoms with van der Waals surface area (Å²) in [6.07, 6.45) is 1.44. The lowest BCUT2D eigenvalue weighted by Crippen LogP contribution is -2.07. The topological polar surface area (TPSA) is 74.5 Å². The first-order valence-corrected chi connectivity index (χ1v) is 8.05. The minimum absolute atomic E-state index is 0.127. The van der Waals surface area contributed by atoms with Gasteiger partial charge < -0.3 is 14.0 Å². The maximum atomic E-state index is 12.4. The van der Waals surface area contributed by atoms with Crippen LogP contribution in [0.2, 0.25) is 0 Å². The number of esters is 1. The normalized spacial score (nSPS) is 11.1. The molecule has 2 heterocycles. The number of aromatic nitrogens is 2. The summed E-state index contributed by atoms with van der Waals surface area (Å²) in [5.41, 5.74) is 3.45. The van der Waals surface area contributed by atoms with Crippen molar-refractivity contribution in [2.45, 2.75) is 33.3 Å². The number of methoxy groups -OCH3 is 1. The average molecular weight is 340 g/mol. The molecule has 0 atom stereocenters. The third-order valence-corrected chi connectivity index (χ3v) is 3.93. The average Bonchev–Trinajstić information content (AvgIpc) is 3.03. The van der Waals surface area contributed by atoms with Crippen molar-refractivity contribution in [2.24, 2.45) is 0 Å². The van der Waals surface area contributed by atoms with Gasteiger partial charge in [0.1, 0.15) is 12.4 Å². The molecule has 0 radical (unpaired) electrons. The predicted octanol–water partition coefficient (Wildman–Crippen LogP) is 4.02. The Labute approximate surface area is 145 Å². The van der Waals surface area contributed by atoms with E-state index in [0.717, 1.165) is 22.2 Å². The van der Waals surface area contributed by atoms with Gasteiger partial charge in [-0.1, -0.05) is 30.6 Å². The van der Waals surface area contributed by atoms with Crippen LogP contribution in [0.15, 0.2) is 35.0 Å². The van der Waals surface area contributed by atoms with E-state index in [9.17, 15) is 4.79 Å². The minimum atomic E-state index is -0.450. The lowest BCUT2D eigenvalue weighted by molar-refractivity contribution is 0.0470. The molecular weight excluding hydrogens is 320 g/mol. The molecule has 0 aliphatic heterocycles. The molecule has 3 rings (SSSR count). The largest absolute Gasteiger partial charge is 0.496 e. The zero-order valence-electron chi connectivity index (χ0n) is 14.7. The Kier molecular flexibility index (Phi) is 4.70. The molecule has 0 spiro atoms. The van der Waals surface area contributed by atoms with Gasteiger partial charge in [0, 0.05) is 11.8 Å². The third-order valence-electron chi connectivity index (χ3n) is 3.93. The second kappa shape index (κ2) is 6.93. The summed E-state index contributed by atoms with van der Waals surface area (Å²) in [7, 11) is 1.59. The minimum Gasteiger partial charge on any atom is -0.496 e. The van der Waals surface area contributed by atoms with E-state index in [1.54, 1.807) is 13.2 Å². The van der Waals surface area contributed by atoms with Gasteiger partial charge in [-0.25, -0.2) is 9.78 Å². The highest BCUT2D eigenvalue weighted by atomic mass is 16.5. The van der Waals surface area contributed by atoms with Gasteiger partial charge in [-0.05, 0) is 31.0 Å². The van der Waals surface area contributed by atoms with Gasteiger partial charge in [-0.3, -0.25) is 0 Å². The fourth-order valence-electron chi connectivity index (χ4n) is 2.62. The molecule has 25 heavy (non-hydrogen) atoms. The second-order valence-electron chi connectivity index (χ2n) is 6.19. The maximum Gasteiger partial charge on any atom is 0.340 e. The summed E-state index contributed by atoms with van der Waals surface area (Å²) in [5, 5.41) is 4.75. The molecule has 0 N–H and O–H groups in total. The summed E-state index contributed by atoms with van der Waals surface area (Å²) >= 11 is 0. The van der Waals surface area contributed by atoms with Gasteiger partial charge in [0.05, 0.1) is 23.8 Å². The maximum absolute atomic E-state index is 12.4. The molecular formula is C19H20N2O4. The SMILES string of the molecule is COc1ccc(C)cc1COC(=O)c1cnc2onc(C(C)C)c2c1.